The second kappa shape index (κ2) is 22.0. The Labute approximate surface area is 293 Å². The van der Waals surface area contributed by atoms with E-state index in [1.165, 1.54) is 19.1 Å². The van der Waals surface area contributed by atoms with Crippen LogP contribution in [0.4, 0.5) is 0 Å². The van der Waals surface area contributed by atoms with E-state index in [-0.39, 0.29) is 75.6 Å². The molecule has 0 saturated heterocycles. The molecule has 0 aliphatic rings. The van der Waals surface area contributed by atoms with Crippen molar-refractivity contribution in [1.29, 1.82) is 0 Å². The normalized spacial score (nSPS) is 12.7. The minimum atomic E-state index is -1.00. The maximum atomic E-state index is 14.0. The summed E-state index contributed by atoms with van der Waals surface area (Å²) >= 11 is 0. The average Bonchev–Trinajstić information content (AvgIpc) is 3.11. The lowest BCUT2D eigenvalue weighted by molar-refractivity contribution is -0.145. The van der Waals surface area contributed by atoms with Crippen molar-refractivity contribution in [2.45, 2.75) is 58.1 Å². The number of hydrogen-bond acceptors (Lipinski definition) is 9. The van der Waals surface area contributed by atoms with E-state index in [9.17, 15) is 29.1 Å². The highest BCUT2D eigenvalue weighted by Gasteiger charge is 2.31. The van der Waals surface area contributed by atoms with E-state index in [0.717, 1.165) is 16.7 Å². The van der Waals surface area contributed by atoms with Crippen molar-refractivity contribution in [3.05, 3.63) is 102 Å². The predicted octanol–water partition coefficient (Wildman–Crippen LogP) is 4.14. The third-order valence-electron chi connectivity index (χ3n) is 8.05. The fourth-order valence-electron chi connectivity index (χ4n) is 5.35. The predicted molar refractivity (Wildman–Crippen MR) is 187 cm³/mol. The van der Waals surface area contributed by atoms with Crippen LogP contribution in [0.5, 0.6) is 5.75 Å². The first kappa shape index (κ1) is 39.6. The van der Waals surface area contributed by atoms with Gasteiger partial charge in [-0.2, -0.15) is 0 Å². The van der Waals surface area contributed by atoms with Crippen LogP contribution in [0.3, 0.4) is 0 Å². The highest BCUT2D eigenvalue weighted by molar-refractivity contribution is 5.94. The molecule has 0 heterocycles. The molecular weight excluding hydrogens is 640 g/mol. The molecule has 3 atom stereocenters. The minimum Gasteiger partial charge on any atom is -0.508 e. The van der Waals surface area contributed by atoms with Gasteiger partial charge in [-0.3, -0.25) is 19.2 Å². The van der Waals surface area contributed by atoms with Gasteiger partial charge in [-0.15, -0.1) is 0 Å². The number of ether oxygens (including phenoxy) is 3. The molecule has 0 spiro atoms. The summed E-state index contributed by atoms with van der Waals surface area (Å²) in [7, 11) is 1.56. The summed E-state index contributed by atoms with van der Waals surface area (Å²) in [6.07, 6.45) is 0.0663. The van der Waals surface area contributed by atoms with Crippen LogP contribution in [-0.2, 0) is 57.6 Å². The molecule has 0 fully saturated rings. The number of esters is 1. The first-order valence-corrected chi connectivity index (χ1v) is 16.8. The van der Waals surface area contributed by atoms with Crippen LogP contribution >= 0.6 is 0 Å². The van der Waals surface area contributed by atoms with E-state index >= 15 is 0 Å². The molecule has 0 bridgehead atoms. The van der Waals surface area contributed by atoms with E-state index in [1.54, 1.807) is 19.2 Å². The van der Waals surface area contributed by atoms with Crippen molar-refractivity contribution in [2.24, 2.45) is 11.8 Å². The molecule has 11 heteroatoms. The number of phenolic OH excluding ortho intramolecular Hbond substituents is 1. The lowest BCUT2D eigenvalue weighted by atomic mass is 9.89. The van der Waals surface area contributed by atoms with Crippen LogP contribution in [0, 0.1) is 11.8 Å². The number of carbonyl (C=O) groups is 5. The van der Waals surface area contributed by atoms with Crippen molar-refractivity contribution in [2.75, 3.05) is 33.5 Å². The fourth-order valence-corrected chi connectivity index (χ4v) is 5.35. The summed E-state index contributed by atoms with van der Waals surface area (Å²) < 4.78 is 15.8. The van der Waals surface area contributed by atoms with Crippen LogP contribution < -0.4 is 10.6 Å². The van der Waals surface area contributed by atoms with Crippen LogP contribution in [0.1, 0.15) is 49.3 Å². The summed E-state index contributed by atoms with van der Waals surface area (Å²) in [6, 6.07) is 23.8. The molecule has 3 aromatic rings. The SMILES string of the molecule is COCCOCCNC(=O)[C@H](CCC(=O)OCc1ccccc1)CC(=O)[C@@H](Cc1ccccc1)NC(=O)[C@@H](CC(C)=O)Cc1ccc(O)cc1. The van der Waals surface area contributed by atoms with Gasteiger partial charge >= 0.3 is 5.97 Å². The number of aromatic hydroxyl groups is 1. The highest BCUT2D eigenvalue weighted by atomic mass is 16.5. The molecule has 268 valence electrons. The molecule has 50 heavy (non-hydrogen) atoms. The Morgan fingerprint density at radius 2 is 1.36 bits per heavy atom. The zero-order valence-corrected chi connectivity index (χ0v) is 28.8. The number of ketones is 2. The summed E-state index contributed by atoms with van der Waals surface area (Å²) in [6.45, 7) is 2.69. The van der Waals surface area contributed by atoms with Gasteiger partial charge in [0, 0.05) is 44.8 Å². The number of hydrogen-bond donors (Lipinski definition) is 3. The van der Waals surface area contributed by atoms with Gasteiger partial charge in [-0.1, -0.05) is 72.8 Å². The Morgan fingerprint density at radius 3 is 2.00 bits per heavy atom. The summed E-state index contributed by atoms with van der Waals surface area (Å²) in [5, 5.41) is 15.3. The van der Waals surface area contributed by atoms with Gasteiger partial charge < -0.3 is 34.7 Å². The Hall–Kier alpha value is -4.87. The van der Waals surface area contributed by atoms with E-state index in [0.29, 0.717) is 13.2 Å². The van der Waals surface area contributed by atoms with Crippen LogP contribution in [0.15, 0.2) is 84.9 Å². The van der Waals surface area contributed by atoms with Gasteiger partial charge in [-0.25, -0.2) is 0 Å². The highest BCUT2D eigenvalue weighted by Crippen LogP contribution is 2.20. The maximum absolute atomic E-state index is 14.0. The maximum Gasteiger partial charge on any atom is 0.306 e. The number of amides is 2. The zero-order valence-electron chi connectivity index (χ0n) is 28.8. The quantitative estimate of drug-likeness (QED) is 0.0985. The number of benzene rings is 3. The Kier molecular flexibility index (Phi) is 17.4. The van der Waals surface area contributed by atoms with Crippen molar-refractivity contribution >= 4 is 29.4 Å². The Morgan fingerprint density at radius 1 is 0.720 bits per heavy atom. The van der Waals surface area contributed by atoms with Gasteiger partial charge in [0.15, 0.2) is 5.78 Å². The van der Waals surface area contributed by atoms with E-state index in [4.69, 9.17) is 14.2 Å². The number of nitrogens with one attached hydrogen (secondary N) is 2. The third-order valence-corrected chi connectivity index (χ3v) is 8.05. The average molecular weight is 689 g/mol. The standard InChI is InChI=1S/C39H48N2O9/c1-28(42)23-33(24-30-13-16-34(43)17-14-30)39(47)41-35(25-29-9-5-3-6-10-29)36(44)26-32(38(46)40-19-20-49-22-21-48-2)15-18-37(45)50-27-31-11-7-4-8-12-31/h3-14,16-17,32-33,35,43H,15,18-27H2,1-2H3,(H,40,46)(H,41,47)/t32-,33+,35-/m1/s1. The number of rotatable bonds is 23. The second-order valence-electron chi connectivity index (χ2n) is 12.2. The first-order chi connectivity index (χ1) is 24.1. The molecular formula is C39H48N2O9. The smallest absolute Gasteiger partial charge is 0.306 e. The van der Waals surface area contributed by atoms with E-state index in [2.05, 4.69) is 10.6 Å². The molecule has 3 aromatic carbocycles. The molecule has 0 aliphatic carbocycles. The summed E-state index contributed by atoms with van der Waals surface area (Å²) in [5.41, 5.74) is 2.37. The Bertz CT molecular complexity index is 1500. The molecule has 0 aliphatic heterocycles. The number of Topliss-reactive ketones (excluding diaryl/α,β-unsaturated/α-hetero) is 2. The first-order valence-electron chi connectivity index (χ1n) is 16.8. The van der Waals surface area contributed by atoms with Crippen molar-refractivity contribution < 1.29 is 43.3 Å². The molecule has 0 radical (unpaired) electrons. The van der Waals surface area contributed by atoms with E-state index < -0.39 is 35.7 Å². The summed E-state index contributed by atoms with van der Waals surface area (Å²) in [4.78, 5) is 65.9. The monoisotopic (exact) mass is 688 g/mol. The molecule has 0 aromatic heterocycles. The van der Waals surface area contributed by atoms with Crippen molar-refractivity contribution in [1.82, 2.24) is 10.6 Å². The van der Waals surface area contributed by atoms with Gasteiger partial charge in [0.05, 0.1) is 25.9 Å². The molecule has 0 saturated carbocycles. The van der Waals surface area contributed by atoms with Crippen LogP contribution in [0.2, 0.25) is 0 Å². The minimum absolute atomic E-state index is 0.0401. The molecule has 2 amide bonds. The van der Waals surface area contributed by atoms with Gasteiger partial charge in [0.25, 0.3) is 0 Å². The topological polar surface area (TPSA) is 157 Å². The second-order valence-corrected chi connectivity index (χ2v) is 12.2. The molecule has 11 nitrogen and oxygen atoms in total. The largest absolute Gasteiger partial charge is 0.508 e. The number of methoxy groups -OCH3 is 1. The molecule has 0 unspecified atom stereocenters. The fraction of sp³-hybridized carbons (Fsp3) is 0.410. The lowest BCUT2D eigenvalue weighted by Gasteiger charge is -2.24. The van der Waals surface area contributed by atoms with Gasteiger partial charge in [0.1, 0.15) is 18.1 Å². The zero-order chi connectivity index (χ0) is 36.1. The van der Waals surface area contributed by atoms with Crippen molar-refractivity contribution in [3.63, 3.8) is 0 Å². The van der Waals surface area contributed by atoms with Crippen LogP contribution in [-0.4, -0.2) is 74.0 Å². The van der Waals surface area contributed by atoms with Gasteiger partial charge in [-0.05, 0) is 55.0 Å². The third kappa shape index (κ3) is 15.1. The van der Waals surface area contributed by atoms with Crippen molar-refractivity contribution in [3.8, 4) is 5.75 Å². The number of phenols is 1. The number of carbonyl (C=O) groups excluding carboxylic acids is 5. The lowest BCUT2D eigenvalue weighted by Crippen LogP contribution is -2.47. The molecule has 3 N–H and O–H groups in total. The Balaban J connectivity index is 1.75. The molecule has 3 rings (SSSR count). The van der Waals surface area contributed by atoms with Gasteiger partial charge in [0.2, 0.25) is 11.8 Å². The summed E-state index contributed by atoms with van der Waals surface area (Å²) in [5.74, 6) is -3.53. The van der Waals surface area contributed by atoms with Crippen LogP contribution in [0.25, 0.3) is 0 Å². The van der Waals surface area contributed by atoms with E-state index in [1.807, 2.05) is 60.7 Å².